The van der Waals surface area contributed by atoms with Crippen LogP contribution in [0, 0.1) is 11.3 Å². The number of nitriles is 1. The third kappa shape index (κ3) is 4.60. The van der Waals surface area contributed by atoms with Gasteiger partial charge >= 0.3 is 0 Å². The fraction of sp³-hybridized carbons (Fsp3) is 0.357. The van der Waals surface area contributed by atoms with E-state index in [1.54, 1.807) is 24.3 Å². The second kappa shape index (κ2) is 7.99. The van der Waals surface area contributed by atoms with Crippen molar-refractivity contribution in [1.82, 2.24) is 5.32 Å². The molecule has 1 atom stereocenters. The molecule has 0 spiro atoms. The van der Waals surface area contributed by atoms with Crippen molar-refractivity contribution in [2.45, 2.75) is 18.9 Å². The lowest BCUT2D eigenvalue weighted by Crippen LogP contribution is -2.36. The largest absolute Gasteiger partial charge is 0.376 e. The van der Waals surface area contributed by atoms with Crippen molar-refractivity contribution in [2.75, 3.05) is 18.6 Å². The summed E-state index contributed by atoms with van der Waals surface area (Å²) in [4.78, 5) is 11.9. The highest BCUT2D eigenvalue weighted by Gasteiger charge is 2.18. The van der Waals surface area contributed by atoms with Crippen molar-refractivity contribution >= 4 is 40.5 Å². The molecule has 8 heteroatoms. The van der Waals surface area contributed by atoms with Crippen LogP contribution in [0.3, 0.4) is 0 Å². The molecule has 1 heterocycles. The minimum atomic E-state index is -0.550. The Morgan fingerprint density at radius 2 is 2.27 bits per heavy atom. The lowest BCUT2D eigenvalue weighted by molar-refractivity contribution is -0.115. The highest BCUT2D eigenvalue weighted by molar-refractivity contribution is 6.45. The fourth-order valence-electron chi connectivity index (χ4n) is 1.91. The second-order valence-electron chi connectivity index (χ2n) is 4.66. The molecule has 116 valence electrons. The summed E-state index contributed by atoms with van der Waals surface area (Å²) in [5.41, 5.74) is 2.85. The van der Waals surface area contributed by atoms with E-state index >= 15 is 0 Å². The standard InChI is InChI=1S/C14H14Cl2N4O2/c15-11-4-3-9(6-12(11)16)19-20-13(7-17)14(21)18-8-10-2-1-5-22-10/h3-4,6,10,19H,1-2,5,8H2,(H,18,21)/b20-13+. The van der Waals surface area contributed by atoms with Crippen molar-refractivity contribution < 1.29 is 9.53 Å². The van der Waals surface area contributed by atoms with Crippen LogP contribution in [-0.2, 0) is 9.53 Å². The van der Waals surface area contributed by atoms with Gasteiger partial charge in [-0.3, -0.25) is 10.2 Å². The van der Waals surface area contributed by atoms with Gasteiger partial charge in [0.25, 0.3) is 5.91 Å². The molecule has 1 saturated heterocycles. The first-order chi connectivity index (χ1) is 10.6. The predicted octanol–water partition coefficient (Wildman–Crippen LogP) is 2.58. The van der Waals surface area contributed by atoms with Gasteiger partial charge in [-0.25, -0.2) is 0 Å². The van der Waals surface area contributed by atoms with E-state index in [0.717, 1.165) is 12.8 Å². The first kappa shape index (κ1) is 16.6. The van der Waals surface area contributed by atoms with Crippen LogP contribution in [0.1, 0.15) is 12.8 Å². The van der Waals surface area contributed by atoms with Gasteiger partial charge in [-0.1, -0.05) is 23.2 Å². The zero-order chi connectivity index (χ0) is 15.9. The number of amides is 1. The average Bonchev–Trinajstić information content (AvgIpc) is 3.02. The van der Waals surface area contributed by atoms with Gasteiger partial charge in [0.2, 0.25) is 5.71 Å². The zero-order valence-corrected chi connectivity index (χ0v) is 13.1. The van der Waals surface area contributed by atoms with E-state index < -0.39 is 5.91 Å². The van der Waals surface area contributed by atoms with Crippen molar-refractivity contribution in [3.63, 3.8) is 0 Å². The Hall–Kier alpha value is -1.81. The highest BCUT2D eigenvalue weighted by Crippen LogP contribution is 2.24. The molecule has 1 amide bonds. The summed E-state index contributed by atoms with van der Waals surface area (Å²) < 4.78 is 5.39. The van der Waals surface area contributed by atoms with Gasteiger partial charge in [0.1, 0.15) is 6.07 Å². The number of benzene rings is 1. The first-order valence-electron chi connectivity index (χ1n) is 6.69. The van der Waals surface area contributed by atoms with Crippen LogP contribution in [0.5, 0.6) is 0 Å². The summed E-state index contributed by atoms with van der Waals surface area (Å²) in [5, 5.41) is 16.2. The number of halogens is 2. The van der Waals surface area contributed by atoms with E-state index in [1.165, 1.54) is 0 Å². The number of rotatable bonds is 5. The predicted molar refractivity (Wildman–Crippen MR) is 85.1 cm³/mol. The SMILES string of the molecule is N#C/C(=N\Nc1ccc(Cl)c(Cl)c1)C(=O)NCC1CCCO1. The van der Waals surface area contributed by atoms with Gasteiger partial charge in [0.15, 0.2) is 0 Å². The molecule has 0 aliphatic carbocycles. The van der Waals surface area contributed by atoms with Crippen molar-refractivity contribution in [2.24, 2.45) is 5.10 Å². The Morgan fingerprint density at radius 1 is 1.45 bits per heavy atom. The monoisotopic (exact) mass is 340 g/mol. The molecule has 1 aliphatic rings. The minimum Gasteiger partial charge on any atom is -0.376 e. The van der Waals surface area contributed by atoms with Gasteiger partial charge in [0, 0.05) is 13.2 Å². The molecule has 2 rings (SSSR count). The van der Waals surface area contributed by atoms with E-state index in [9.17, 15) is 4.79 Å². The van der Waals surface area contributed by atoms with Gasteiger partial charge < -0.3 is 10.1 Å². The van der Waals surface area contributed by atoms with Gasteiger partial charge in [-0.2, -0.15) is 10.4 Å². The maximum Gasteiger partial charge on any atom is 0.282 e. The summed E-state index contributed by atoms with van der Waals surface area (Å²) in [6, 6.07) is 6.52. The molecule has 1 unspecified atom stereocenters. The number of hydrazone groups is 1. The van der Waals surface area contributed by atoms with Gasteiger partial charge in [-0.15, -0.1) is 0 Å². The molecule has 0 saturated carbocycles. The van der Waals surface area contributed by atoms with Crippen molar-refractivity contribution in [3.8, 4) is 6.07 Å². The van der Waals surface area contributed by atoms with Crippen LogP contribution in [-0.4, -0.2) is 30.9 Å². The zero-order valence-electron chi connectivity index (χ0n) is 11.6. The fourth-order valence-corrected chi connectivity index (χ4v) is 2.21. The molecule has 1 fully saturated rings. The summed E-state index contributed by atoms with van der Waals surface area (Å²) in [6.45, 7) is 1.07. The maximum absolute atomic E-state index is 11.9. The number of nitrogens with one attached hydrogen (secondary N) is 2. The van der Waals surface area contributed by atoms with E-state index in [4.69, 9.17) is 33.2 Å². The van der Waals surface area contributed by atoms with E-state index in [1.807, 2.05) is 0 Å². The number of anilines is 1. The van der Waals surface area contributed by atoms with Crippen LogP contribution in [0.2, 0.25) is 10.0 Å². The lowest BCUT2D eigenvalue weighted by atomic mass is 10.2. The Balaban J connectivity index is 1.92. The smallest absolute Gasteiger partial charge is 0.282 e. The Morgan fingerprint density at radius 3 is 2.91 bits per heavy atom. The molecule has 22 heavy (non-hydrogen) atoms. The average molecular weight is 341 g/mol. The molecule has 0 aromatic heterocycles. The van der Waals surface area contributed by atoms with E-state index in [-0.39, 0.29) is 11.8 Å². The van der Waals surface area contributed by atoms with Crippen LogP contribution < -0.4 is 10.7 Å². The number of hydrogen-bond acceptors (Lipinski definition) is 5. The highest BCUT2D eigenvalue weighted by atomic mass is 35.5. The third-order valence-electron chi connectivity index (χ3n) is 3.05. The normalized spacial score (nSPS) is 17.9. The molecular formula is C14H14Cl2N4O2. The minimum absolute atomic E-state index is 0.00641. The van der Waals surface area contributed by atoms with Gasteiger partial charge in [0.05, 0.1) is 21.8 Å². The van der Waals surface area contributed by atoms with Crippen LogP contribution >= 0.6 is 23.2 Å². The van der Waals surface area contributed by atoms with E-state index in [0.29, 0.717) is 28.9 Å². The molecule has 2 N–H and O–H groups in total. The lowest BCUT2D eigenvalue weighted by Gasteiger charge is -2.09. The van der Waals surface area contributed by atoms with Crippen LogP contribution in [0.15, 0.2) is 23.3 Å². The Labute approximate surface area is 138 Å². The molecule has 1 aromatic rings. The first-order valence-corrected chi connectivity index (χ1v) is 7.44. The summed E-state index contributed by atoms with van der Waals surface area (Å²) >= 11 is 11.7. The van der Waals surface area contributed by atoms with Crippen LogP contribution in [0.25, 0.3) is 0 Å². The third-order valence-corrected chi connectivity index (χ3v) is 3.79. The van der Waals surface area contributed by atoms with Gasteiger partial charge in [-0.05, 0) is 31.0 Å². The second-order valence-corrected chi connectivity index (χ2v) is 5.47. The number of carbonyl (C=O) groups excluding carboxylic acids is 1. The van der Waals surface area contributed by atoms with Crippen molar-refractivity contribution in [3.05, 3.63) is 28.2 Å². The summed E-state index contributed by atoms with van der Waals surface area (Å²) in [6.07, 6.45) is 1.89. The quantitative estimate of drug-likeness (QED) is 0.637. The summed E-state index contributed by atoms with van der Waals surface area (Å²) in [5.74, 6) is -0.550. The van der Waals surface area contributed by atoms with Crippen molar-refractivity contribution in [1.29, 1.82) is 5.26 Å². The molecule has 0 bridgehead atoms. The van der Waals surface area contributed by atoms with Crippen LogP contribution in [0.4, 0.5) is 5.69 Å². The Kier molecular flexibility index (Phi) is 6.01. The number of ether oxygens (including phenoxy) is 1. The topological polar surface area (TPSA) is 86.5 Å². The molecule has 1 aromatic carbocycles. The molecule has 6 nitrogen and oxygen atoms in total. The molecule has 1 aliphatic heterocycles. The maximum atomic E-state index is 11.9. The molecular weight excluding hydrogens is 327 g/mol. The summed E-state index contributed by atoms with van der Waals surface area (Å²) in [7, 11) is 0. The number of carbonyl (C=O) groups is 1. The number of nitrogens with zero attached hydrogens (tertiary/aromatic N) is 2. The van der Waals surface area contributed by atoms with E-state index in [2.05, 4.69) is 15.8 Å². The Bertz CT molecular complexity index is 622. The molecule has 0 radical (unpaired) electrons. The number of hydrogen-bond donors (Lipinski definition) is 2.